The Morgan fingerprint density at radius 2 is 1.90 bits per heavy atom. The predicted molar refractivity (Wildman–Crippen MR) is 83.3 cm³/mol. The second-order valence-corrected chi connectivity index (χ2v) is 6.09. The molecule has 3 rings (SSSR count). The zero-order valence-electron chi connectivity index (χ0n) is 12.5. The van der Waals surface area contributed by atoms with E-state index in [1.165, 1.54) is 5.56 Å². The second kappa shape index (κ2) is 5.16. The van der Waals surface area contributed by atoms with Crippen molar-refractivity contribution in [3.63, 3.8) is 0 Å². The molecule has 0 aromatic carbocycles. The minimum Gasteiger partial charge on any atom is -0.364 e. The summed E-state index contributed by atoms with van der Waals surface area (Å²) in [5.41, 5.74) is 3.25. The topological polar surface area (TPSA) is 55.1 Å². The zero-order chi connectivity index (χ0) is 14.9. The van der Waals surface area contributed by atoms with E-state index in [9.17, 15) is 0 Å². The summed E-state index contributed by atoms with van der Waals surface area (Å²) < 4.78 is 1.88. The fourth-order valence-corrected chi connectivity index (χ4v) is 2.11. The summed E-state index contributed by atoms with van der Waals surface area (Å²) in [6, 6.07) is 6.08. The van der Waals surface area contributed by atoms with Gasteiger partial charge in [0.1, 0.15) is 5.52 Å². The Hall–Kier alpha value is -2.43. The number of hydrogen-bond donors (Lipinski definition) is 1. The van der Waals surface area contributed by atoms with Crippen molar-refractivity contribution >= 4 is 11.3 Å². The van der Waals surface area contributed by atoms with E-state index in [2.05, 4.69) is 47.2 Å². The van der Waals surface area contributed by atoms with Crippen molar-refractivity contribution < 1.29 is 0 Å². The SMILES string of the molecule is CC(C)(C)c1cc2c(NCc3ccncc3)nccn2n1. The van der Waals surface area contributed by atoms with Crippen LogP contribution in [0.4, 0.5) is 5.82 Å². The molecule has 108 valence electrons. The summed E-state index contributed by atoms with van der Waals surface area (Å²) in [6.45, 7) is 7.19. The van der Waals surface area contributed by atoms with Crippen LogP contribution in [0.25, 0.3) is 5.52 Å². The Kier molecular flexibility index (Phi) is 3.33. The van der Waals surface area contributed by atoms with Crippen molar-refractivity contribution in [2.24, 2.45) is 0 Å². The minimum atomic E-state index is 0.0222. The van der Waals surface area contributed by atoms with Crippen molar-refractivity contribution in [3.8, 4) is 0 Å². The van der Waals surface area contributed by atoms with E-state index in [1.807, 2.05) is 22.8 Å². The molecule has 5 heteroatoms. The average molecular weight is 281 g/mol. The molecule has 0 saturated heterocycles. The molecule has 0 amide bonds. The van der Waals surface area contributed by atoms with E-state index >= 15 is 0 Å². The lowest BCUT2D eigenvalue weighted by atomic mass is 9.92. The van der Waals surface area contributed by atoms with Crippen LogP contribution in [0.5, 0.6) is 0 Å². The number of fused-ring (bicyclic) bond motifs is 1. The van der Waals surface area contributed by atoms with Gasteiger partial charge >= 0.3 is 0 Å². The average Bonchev–Trinajstić information content (AvgIpc) is 2.91. The van der Waals surface area contributed by atoms with Crippen molar-refractivity contribution in [1.29, 1.82) is 0 Å². The molecule has 3 aromatic heterocycles. The number of rotatable bonds is 3. The summed E-state index contributed by atoms with van der Waals surface area (Å²) in [7, 11) is 0. The maximum atomic E-state index is 4.63. The van der Waals surface area contributed by atoms with Crippen molar-refractivity contribution in [1.82, 2.24) is 19.6 Å². The first-order chi connectivity index (χ1) is 10.0. The van der Waals surface area contributed by atoms with Gasteiger partial charge in [-0.15, -0.1) is 0 Å². The lowest BCUT2D eigenvalue weighted by Gasteiger charge is -2.13. The smallest absolute Gasteiger partial charge is 0.152 e. The first-order valence-corrected chi connectivity index (χ1v) is 7.02. The Balaban J connectivity index is 1.90. The van der Waals surface area contributed by atoms with Gasteiger partial charge in [-0.1, -0.05) is 20.8 Å². The van der Waals surface area contributed by atoms with Crippen LogP contribution in [-0.4, -0.2) is 19.6 Å². The van der Waals surface area contributed by atoms with Gasteiger partial charge in [0.25, 0.3) is 0 Å². The van der Waals surface area contributed by atoms with Crippen LogP contribution in [0, 0.1) is 0 Å². The highest BCUT2D eigenvalue weighted by atomic mass is 15.2. The molecule has 3 aromatic rings. The molecule has 0 unspecified atom stereocenters. The van der Waals surface area contributed by atoms with Gasteiger partial charge in [0.05, 0.1) is 5.69 Å². The molecule has 1 N–H and O–H groups in total. The van der Waals surface area contributed by atoms with E-state index < -0.39 is 0 Å². The molecule has 0 atom stereocenters. The third-order valence-corrected chi connectivity index (χ3v) is 3.37. The summed E-state index contributed by atoms with van der Waals surface area (Å²) in [6.07, 6.45) is 7.23. The largest absolute Gasteiger partial charge is 0.364 e. The van der Waals surface area contributed by atoms with E-state index in [1.54, 1.807) is 18.6 Å². The highest BCUT2D eigenvalue weighted by molar-refractivity contribution is 5.68. The number of hydrogen-bond acceptors (Lipinski definition) is 4. The van der Waals surface area contributed by atoms with Crippen LogP contribution in [0.1, 0.15) is 32.0 Å². The molecule has 0 bridgehead atoms. The van der Waals surface area contributed by atoms with E-state index in [4.69, 9.17) is 0 Å². The molecular formula is C16H19N5. The molecule has 5 nitrogen and oxygen atoms in total. The highest BCUT2D eigenvalue weighted by Gasteiger charge is 2.18. The quantitative estimate of drug-likeness (QED) is 0.801. The highest BCUT2D eigenvalue weighted by Crippen LogP contribution is 2.24. The van der Waals surface area contributed by atoms with Crippen LogP contribution < -0.4 is 5.32 Å². The summed E-state index contributed by atoms with van der Waals surface area (Å²) in [5.74, 6) is 0.845. The molecule has 3 heterocycles. The van der Waals surface area contributed by atoms with E-state index in [0.717, 1.165) is 17.0 Å². The lowest BCUT2D eigenvalue weighted by Crippen LogP contribution is -2.11. The van der Waals surface area contributed by atoms with Crippen LogP contribution in [0.2, 0.25) is 0 Å². The molecule has 0 spiro atoms. The summed E-state index contributed by atoms with van der Waals surface area (Å²) in [4.78, 5) is 8.45. The fourth-order valence-electron chi connectivity index (χ4n) is 2.11. The fraction of sp³-hybridized carbons (Fsp3) is 0.312. The van der Waals surface area contributed by atoms with Crippen molar-refractivity contribution in [2.75, 3.05) is 5.32 Å². The minimum absolute atomic E-state index is 0.0222. The van der Waals surface area contributed by atoms with Crippen molar-refractivity contribution in [2.45, 2.75) is 32.7 Å². The first-order valence-electron chi connectivity index (χ1n) is 7.02. The molecule has 0 radical (unpaired) electrons. The van der Waals surface area contributed by atoms with Gasteiger partial charge < -0.3 is 5.32 Å². The molecule has 0 aliphatic heterocycles. The third-order valence-electron chi connectivity index (χ3n) is 3.37. The van der Waals surface area contributed by atoms with E-state index in [0.29, 0.717) is 6.54 Å². The number of pyridine rings is 1. The lowest BCUT2D eigenvalue weighted by molar-refractivity contribution is 0.562. The second-order valence-electron chi connectivity index (χ2n) is 6.09. The van der Waals surface area contributed by atoms with Gasteiger partial charge in [-0.25, -0.2) is 9.50 Å². The molecular weight excluding hydrogens is 262 g/mol. The first kappa shape index (κ1) is 13.5. The summed E-state index contributed by atoms with van der Waals surface area (Å²) in [5, 5.41) is 8.00. The van der Waals surface area contributed by atoms with E-state index in [-0.39, 0.29) is 5.41 Å². The standard InChI is InChI=1S/C16H19N5/c1-16(2,3)14-10-13-15(18-8-9-21(13)20-14)19-11-12-4-6-17-7-5-12/h4-10H,11H2,1-3H3,(H,18,19). The van der Waals surface area contributed by atoms with Crippen LogP contribution in [-0.2, 0) is 12.0 Å². The predicted octanol–water partition coefficient (Wildman–Crippen LogP) is 3.03. The van der Waals surface area contributed by atoms with Crippen LogP contribution in [0.15, 0.2) is 43.0 Å². The molecule has 0 aliphatic carbocycles. The van der Waals surface area contributed by atoms with Crippen molar-refractivity contribution in [3.05, 3.63) is 54.2 Å². The number of aromatic nitrogens is 4. The summed E-state index contributed by atoms with van der Waals surface area (Å²) >= 11 is 0. The number of nitrogens with zero attached hydrogens (tertiary/aromatic N) is 4. The van der Waals surface area contributed by atoms with Gasteiger partial charge in [-0.2, -0.15) is 5.10 Å². The Labute approximate surface area is 124 Å². The zero-order valence-corrected chi connectivity index (χ0v) is 12.5. The molecule has 21 heavy (non-hydrogen) atoms. The Morgan fingerprint density at radius 3 is 2.62 bits per heavy atom. The van der Waals surface area contributed by atoms with Crippen LogP contribution >= 0.6 is 0 Å². The van der Waals surface area contributed by atoms with Gasteiger partial charge in [-0.05, 0) is 23.8 Å². The maximum Gasteiger partial charge on any atom is 0.152 e. The van der Waals surface area contributed by atoms with Gasteiger partial charge in [0.2, 0.25) is 0 Å². The van der Waals surface area contributed by atoms with Gasteiger partial charge in [0.15, 0.2) is 5.82 Å². The van der Waals surface area contributed by atoms with Gasteiger partial charge in [-0.3, -0.25) is 4.98 Å². The molecule has 0 aliphatic rings. The normalized spacial score (nSPS) is 11.8. The molecule has 0 saturated carbocycles. The number of nitrogens with one attached hydrogen (secondary N) is 1. The monoisotopic (exact) mass is 281 g/mol. The Morgan fingerprint density at radius 1 is 1.14 bits per heavy atom. The maximum absolute atomic E-state index is 4.63. The Bertz CT molecular complexity index is 740. The molecule has 0 fully saturated rings. The number of anilines is 1. The van der Waals surface area contributed by atoms with Gasteiger partial charge in [0, 0.05) is 36.7 Å². The third kappa shape index (κ3) is 2.86. The van der Waals surface area contributed by atoms with Crippen LogP contribution in [0.3, 0.4) is 0 Å².